The van der Waals surface area contributed by atoms with Crippen molar-refractivity contribution >= 4 is 5.78 Å². The molecule has 0 N–H and O–H groups in total. The Morgan fingerprint density at radius 1 is 1.38 bits per heavy atom. The van der Waals surface area contributed by atoms with Crippen LogP contribution in [0.3, 0.4) is 0 Å². The fraction of sp³-hybridized carbons (Fsp3) is 0.400. The fourth-order valence-electron chi connectivity index (χ4n) is 1.64. The molecule has 1 aromatic carbocycles. The highest BCUT2D eigenvalue weighted by Crippen LogP contribution is 2.10. The van der Waals surface area contributed by atoms with Crippen molar-refractivity contribution in [2.45, 2.75) is 39.5 Å². The molecule has 0 atom stereocenters. The van der Waals surface area contributed by atoms with E-state index in [0.717, 1.165) is 18.4 Å². The molecular weight excluding hydrogens is 196 g/mol. The van der Waals surface area contributed by atoms with Gasteiger partial charge in [-0.05, 0) is 25.3 Å². The maximum Gasteiger partial charge on any atom is 0.137 e. The van der Waals surface area contributed by atoms with Crippen LogP contribution in [0.4, 0.5) is 0 Å². The number of hydrogen-bond donors (Lipinski definition) is 0. The van der Waals surface area contributed by atoms with Gasteiger partial charge in [0, 0.05) is 12.8 Å². The monoisotopic (exact) mass is 216 g/mol. The van der Waals surface area contributed by atoms with Crippen LogP contribution >= 0.6 is 0 Å². The molecule has 0 saturated carbocycles. The van der Waals surface area contributed by atoms with Crippen molar-refractivity contribution in [1.29, 1.82) is 0 Å². The van der Waals surface area contributed by atoms with Gasteiger partial charge >= 0.3 is 0 Å². The van der Waals surface area contributed by atoms with E-state index in [2.05, 4.69) is 31.7 Å². The SMILES string of the molecule is C=C(CC)CC(=O)CCc1cccc(C)c1. The average Bonchev–Trinajstić information content (AvgIpc) is 2.26. The number of aryl methyl sites for hydroxylation is 2. The predicted octanol–water partition coefficient (Wildman–Crippen LogP) is 3.85. The standard InChI is InChI=1S/C15H20O/c1-4-12(2)11-15(16)9-8-14-7-5-6-13(3)10-14/h5-7,10H,2,4,8-9,11H2,1,3H3. The minimum atomic E-state index is 0.299. The Balaban J connectivity index is 2.40. The van der Waals surface area contributed by atoms with Crippen LogP contribution in [0.1, 0.15) is 37.3 Å². The largest absolute Gasteiger partial charge is 0.299 e. The lowest BCUT2D eigenvalue weighted by Crippen LogP contribution is -2.01. The lowest BCUT2D eigenvalue weighted by Gasteiger charge is -2.03. The minimum absolute atomic E-state index is 0.299. The maximum absolute atomic E-state index is 11.6. The number of benzene rings is 1. The summed E-state index contributed by atoms with van der Waals surface area (Å²) in [5.41, 5.74) is 3.53. The van der Waals surface area contributed by atoms with Crippen LogP contribution in [0.2, 0.25) is 0 Å². The lowest BCUT2D eigenvalue weighted by atomic mass is 10.0. The van der Waals surface area contributed by atoms with Gasteiger partial charge in [0.25, 0.3) is 0 Å². The van der Waals surface area contributed by atoms with Crippen LogP contribution < -0.4 is 0 Å². The van der Waals surface area contributed by atoms with Gasteiger partial charge in [0.1, 0.15) is 5.78 Å². The van der Waals surface area contributed by atoms with Gasteiger partial charge in [0.05, 0.1) is 0 Å². The van der Waals surface area contributed by atoms with Crippen LogP contribution in [0.5, 0.6) is 0 Å². The van der Waals surface area contributed by atoms with E-state index < -0.39 is 0 Å². The maximum atomic E-state index is 11.6. The predicted molar refractivity (Wildman–Crippen MR) is 68.6 cm³/mol. The molecule has 0 radical (unpaired) electrons. The molecule has 0 aliphatic carbocycles. The second-order valence-corrected chi connectivity index (χ2v) is 4.31. The highest BCUT2D eigenvalue weighted by molar-refractivity contribution is 5.80. The highest BCUT2D eigenvalue weighted by atomic mass is 16.1. The first-order valence-electron chi connectivity index (χ1n) is 5.85. The van der Waals surface area contributed by atoms with Crippen LogP contribution in [-0.2, 0) is 11.2 Å². The lowest BCUT2D eigenvalue weighted by molar-refractivity contribution is -0.118. The van der Waals surface area contributed by atoms with E-state index in [0.29, 0.717) is 18.6 Å². The van der Waals surface area contributed by atoms with Crippen LogP contribution in [0, 0.1) is 6.92 Å². The van der Waals surface area contributed by atoms with E-state index in [1.165, 1.54) is 11.1 Å². The number of allylic oxidation sites excluding steroid dienone is 1. The molecule has 0 spiro atoms. The molecule has 0 saturated heterocycles. The average molecular weight is 216 g/mol. The van der Waals surface area contributed by atoms with Crippen molar-refractivity contribution in [3.05, 3.63) is 47.5 Å². The second-order valence-electron chi connectivity index (χ2n) is 4.31. The smallest absolute Gasteiger partial charge is 0.137 e. The molecule has 1 rings (SSSR count). The van der Waals surface area contributed by atoms with Crippen molar-refractivity contribution in [3.8, 4) is 0 Å². The molecule has 0 aliphatic heterocycles. The number of rotatable bonds is 6. The molecule has 0 aliphatic rings. The van der Waals surface area contributed by atoms with E-state index in [1.807, 2.05) is 13.0 Å². The Morgan fingerprint density at radius 3 is 2.75 bits per heavy atom. The van der Waals surface area contributed by atoms with Crippen LogP contribution in [-0.4, -0.2) is 5.78 Å². The molecule has 16 heavy (non-hydrogen) atoms. The summed E-state index contributed by atoms with van der Waals surface area (Å²) in [6, 6.07) is 8.33. The normalized spacial score (nSPS) is 10.1. The zero-order valence-corrected chi connectivity index (χ0v) is 10.3. The molecular formula is C15H20O. The number of hydrogen-bond acceptors (Lipinski definition) is 1. The summed E-state index contributed by atoms with van der Waals surface area (Å²) in [5.74, 6) is 0.299. The molecule has 1 nitrogen and oxygen atoms in total. The number of carbonyl (C=O) groups is 1. The third kappa shape index (κ3) is 4.43. The van der Waals surface area contributed by atoms with Gasteiger partial charge in [0.2, 0.25) is 0 Å². The summed E-state index contributed by atoms with van der Waals surface area (Å²) in [7, 11) is 0. The summed E-state index contributed by atoms with van der Waals surface area (Å²) in [6.07, 6.45) is 2.92. The first-order valence-corrected chi connectivity index (χ1v) is 5.85. The molecule has 0 fully saturated rings. The van der Waals surface area contributed by atoms with Gasteiger partial charge in [-0.25, -0.2) is 0 Å². The van der Waals surface area contributed by atoms with E-state index in [-0.39, 0.29) is 0 Å². The van der Waals surface area contributed by atoms with E-state index in [4.69, 9.17) is 0 Å². The molecule has 1 aromatic rings. The molecule has 0 bridgehead atoms. The zero-order valence-electron chi connectivity index (χ0n) is 10.3. The minimum Gasteiger partial charge on any atom is -0.299 e. The number of ketones is 1. The molecule has 0 aromatic heterocycles. The summed E-state index contributed by atoms with van der Waals surface area (Å²) in [4.78, 5) is 11.6. The Bertz CT molecular complexity index is 377. The van der Waals surface area contributed by atoms with E-state index in [9.17, 15) is 4.79 Å². The van der Waals surface area contributed by atoms with Gasteiger partial charge in [-0.15, -0.1) is 0 Å². The Labute approximate surface area is 98.2 Å². The molecule has 0 heterocycles. The van der Waals surface area contributed by atoms with Crippen LogP contribution in [0.25, 0.3) is 0 Å². The number of Topliss-reactive ketones (excluding diaryl/α,β-unsaturated/α-hetero) is 1. The highest BCUT2D eigenvalue weighted by Gasteiger charge is 2.04. The van der Waals surface area contributed by atoms with E-state index >= 15 is 0 Å². The van der Waals surface area contributed by atoms with Crippen molar-refractivity contribution in [3.63, 3.8) is 0 Å². The van der Waals surface area contributed by atoms with Crippen molar-refractivity contribution in [2.24, 2.45) is 0 Å². The topological polar surface area (TPSA) is 17.1 Å². The molecule has 86 valence electrons. The summed E-state index contributed by atoms with van der Waals surface area (Å²) in [6.45, 7) is 7.97. The summed E-state index contributed by atoms with van der Waals surface area (Å²) in [5, 5.41) is 0. The van der Waals surface area contributed by atoms with E-state index in [1.54, 1.807) is 0 Å². The first-order chi connectivity index (χ1) is 7.61. The van der Waals surface area contributed by atoms with Crippen molar-refractivity contribution in [1.82, 2.24) is 0 Å². The third-order valence-electron chi connectivity index (χ3n) is 2.72. The summed E-state index contributed by atoms with van der Waals surface area (Å²) >= 11 is 0. The Morgan fingerprint density at radius 2 is 2.12 bits per heavy atom. The zero-order chi connectivity index (χ0) is 12.0. The summed E-state index contributed by atoms with van der Waals surface area (Å²) < 4.78 is 0. The first kappa shape index (κ1) is 12.7. The van der Waals surface area contributed by atoms with Crippen LogP contribution in [0.15, 0.2) is 36.4 Å². The molecule has 0 unspecified atom stereocenters. The van der Waals surface area contributed by atoms with Gasteiger partial charge in [-0.1, -0.05) is 48.9 Å². The van der Waals surface area contributed by atoms with Gasteiger partial charge in [-0.3, -0.25) is 4.79 Å². The Kier molecular flexibility index (Phi) is 4.97. The fourth-order valence-corrected chi connectivity index (χ4v) is 1.64. The van der Waals surface area contributed by atoms with Gasteiger partial charge in [0.15, 0.2) is 0 Å². The number of carbonyl (C=O) groups excluding carboxylic acids is 1. The van der Waals surface area contributed by atoms with Gasteiger partial charge < -0.3 is 0 Å². The molecule has 1 heteroatoms. The quantitative estimate of drug-likeness (QED) is 0.660. The second kappa shape index (κ2) is 6.26. The van der Waals surface area contributed by atoms with Gasteiger partial charge in [-0.2, -0.15) is 0 Å². The third-order valence-corrected chi connectivity index (χ3v) is 2.72. The molecule has 0 amide bonds. The van der Waals surface area contributed by atoms with Crippen molar-refractivity contribution in [2.75, 3.05) is 0 Å². The van der Waals surface area contributed by atoms with Crippen molar-refractivity contribution < 1.29 is 4.79 Å². The Hall–Kier alpha value is -1.37.